The summed E-state index contributed by atoms with van der Waals surface area (Å²) in [6.45, 7) is 5.26. The van der Waals surface area contributed by atoms with Crippen molar-refractivity contribution in [3.63, 3.8) is 0 Å². The highest BCUT2D eigenvalue weighted by Crippen LogP contribution is 2.27. The van der Waals surface area contributed by atoms with E-state index in [0.29, 0.717) is 30.4 Å². The van der Waals surface area contributed by atoms with Gasteiger partial charge < -0.3 is 10.6 Å². The van der Waals surface area contributed by atoms with E-state index < -0.39 is 0 Å². The number of carbonyl (C=O) groups is 1. The predicted octanol–water partition coefficient (Wildman–Crippen LogP) is 3.23. The molecule has 0 bridgehead atoms. The molecule has 0 radical (unpaired) electrons. The van der Waals surface area contributed by atoms with Gasteiger partial charge in [-0.2, -0.15) is 0 Å². The molecule has 132 valence electrons. The first-order valence-corrected chi connectivity index (χ1v) is 8.95. The van der Waals surface area contributed by atoms with Crippen molar-refractivity contribution in [1.82, 2.24) is 14.8 Å². The van der Waals surface area contributed by atoms with Crippen molar-refractivity contribution < 1.29 is 4.79 Å². The fraction of sp³-hybridized carbons (Fsp3) is 0.368. The van der Waals surface area contributed by atoms with Gasteiger partial charge in [0, 0.05) is 49.6 Å². The Morgan fingerprint density at radius 1 is 1.24 bits per heavy atom. The second kappa shape index (κ2) is 7.85. The maximum atomic E-state index is 12.6. The van der Waals surface area contributed by atoms with Crippen molar-refractivity contribution in [3.8, 4) is 0 Å². The normalized spacial score (nSPS) is 16.6. The monoisotopic (exact) mass is 358 g/mol. The predicted molar refractivity (Wildman–Crippen MR) is 101 cm³/mol. The number of aromatic nitrogens is 1. The molecule has 0 aliphatic carbocycles. The number of amides is 1. The second-order valence-electron chi connectivity index (χ2n) is 6.31. The largest absolute Gasteiger partial charge is 0.397 e. The van der Waals surface area contributed by atoms with Crippen LogP contribution in [-0.4, -0.2) is 46.9 Å². The number of hydrogen-bond acceptors (Lipinski definition) is 4. The van der Waals surface area contributed by atoms with Crippen LogP contribution in [0.5, 0.6) is 0 Å². The Kier molecular flexibility index (Phi) is 5.56. The van der Waals surface area contributed by atoms with Crippen LogP contribution in [0.1, 0.15) is 35.3 Å². The van der Waals surface area contributed by atoms with Gasteiger partial charge in [0.25, 0.3) is 5.91 Å². The van der Waals surface area contributed by atoms with Crippen LogP contribution in [0.2, 0.25) is 5.02 Å². The molecule has 6 heteroatoms. The Morgan fingerprint density at radius 3 is 2.64 bits per heavy atom. The van der Waals surface area contributed by atoms with Crippen LogP contribution < -0.4 is 5.73 Å². The van der Waals surface area contributed by atoms with Gasteiger partial charge in [0.15, 0.2) is 0 Å². The summed E-state index contributed by atoms with van der Waals surface area (Å²) in [5.41, 5.74) is 8.02. The van der Waals surface area contributed by atoms with Crippen LogP contribution in [0.15, 0.2) is 42.7 Å². The molecule has 1 aliphatic heterocycles. The lowest BCUT2D eigenvalue weighted by atomic mass is 10.0. The van der Waals surface area contributed by atoms with Crippen molar-refractivity contribution in [3.05, 3.63) is 58.9 Å². The van der Waals surface area contributed by atoms with Gasteiger partial charge in [0.05, 0.1) is 11.3 Å². The molecule has 1 fully saturated rings. The molecule has 1 aliphatic rings. The zero-order chi connectivity index (χ0) is 17.8. The summed E-state index contributed by atoms with van der Waals surface area (Å²) < 4.78 is 0. The molecule has 1 aromatic carbocycles. The first-order valence-electron chi connectivity index (χ1n) is 8.57. The molecule has 1 atom stereocenters. The Hall–Kier alpha value is -2.11. The minimum Gasteiger partial charge on any atom is -0.397 e. The number of nitrogen functional groups attached to an aromatic ring is 1. The smallest absolute Gasteiger partial charge is 0.255 e. The summed E-state index contributed by atoms with van der Waals surface area (Å²) in [6.07, 6.45) is 4.13. The third-order valence-electron chi connectivity index (χ3n) is 4.67. The van der Waals surface area contributed by atoms with E-state index in [1.165, 1.54) is 5.56 Å². The van der Waals surface area contributed by atoms with Gasteiger partial charge in [-0.3, -0.25) is 14.7 Å². The van der Waals surface area contributed by atoms with E-state index >= 15 is 0 Å². The lowest BCUT2D eigenvalue weighted by Gasteiger charge is -2.39. The van der Waals surface area contributed by atoms with E-state index in [9.17, 15) is 4.79 Å². The summed E-state index contributed by atoms with van der Waals surface area (Å²) in [4.78, 5) is 20.9. The molecule has 1 aromatic heterocycles. The van der Waals surface area contributed by atoms with Gasteiger partial charge in [-0.05, 0) is 30.2 Å². The number of pyridine rings is 1. The van der Waals surface area contributed by atoms with Crippen LogP contribution in [-0.2, 0) is 0 Å². The van der Waals surface area contributed by atoms with Crippen molar-refractivity contribution >= 4 is 23.2 Å². The molecule has 1 saturated heterocycles. The van der Waals surface area contributed by atoms with E-state index in [4.69, 9.17) is 17.3 Å². The molecule has 1 unspecified atom stereocenters. The Morgan fingerprint density at radius 2 is 2.00 bits per heavy atom. The zero-order valence-electron chi connectivity index (χ0n) is 14.4. The molecular formula is C19H23ClN4O. The van der Waals surface area contributed by atoms with Gasteiger partial charge in [0.2, 0.25) is 0 Å². The van der Waals surface area contributed by atoms with Crippen LogP contribution in [0.3, 0.4) is 0 Å². The molecule has 3 rings (SSSR count). The molecule has 25 heavy (non-hydrogen) atoms. The molecule has 2 heterocycles. The van der Waals surface area contributed by atoms with Crippen LogP contribution >= 0.6 is 11.6 Å². The maximum Gasteiger partial charge on any atom is 0.255 e. The van der Waals surface area contributed by atoms with Crippen LogP contribution in [0, 0.1) is 0 Å². The van der Waals surface area contributed by atoms with Crippen molar-refractivity contribution in [2.75, 3.05) is 31.9 Å². The number of benzene rings is 1. The lowest BCUT2D eigenvalue weighted by molar-refractivity contribution is 0.0562. The molecule has 0 spiro atoms. The minimum atomic E-state index is -0.00439. The summed E-state index contributed by atoms with van der Waals surface area (Å²) in [6, 6.07) is 10.1. The van der Waals surface area contributed by atoms with Crippen molar-refractivity contribution in [2.24, 2.45) is 0 Å². The highest BCUT2D eigenvalue weighted by Gasteiger charge is 2.27. The average molecular weight is 359 g/mol. The number of nitrogens with zero attached hydrogens (tertiary/aromatic N) is 3. The first-order chi connectivity index (χ1) is 12.1. The van der Waals surface area contributed by atoms with E-state index in [-0.39, 0.29) is 5.91 Å². The Bertz CT molecular complexity index is 744. The van der Waals surface area contributed by atoms with Gasteiger partial charge in [-0.15, -0.1) is 0 Å². The first kappa shape index (κ1) is 17.7. The number of piperazine rings is 1. The number of halogens is 1. The van der Waals surface area contributed by atoms with Crippen molar-refractivity contribution in [1.29, 1.82) is 0 Å². The Labute approximate surface area is 153 Å². The van der Waals surface area contributed by atoms with Gasteiger partial charge in [-0.25, -0.2) is 0 Å². The van der Waals surface area contributed by atoms with Gasteiger partial charge >= 0.3 is 0 Å². The summed E-state index contributed by atoms with van der Waals surface area (Å²) >= 11 is 6.14. The minimum absolute atomic E-state index is 0.00439. The number of nitrogens with two attached hydrogens (primary N) is 1. The summed E-state index contributed by atoms with van der Waals surface area (Å²) in [7, 11) is 0. The fourth-order valence-electron chi connectivity index (χ4n) is 3.41. The average Bonchev–Trinajstić information content (AvgIpc) is 2.62. The van der Waals surface area contributed by atoms with Crippen LogP contribution in [0.4, 0.5) is 5.69 Å². The van der Waals surface area contributed by atoms with E-state index in [1.54, 1.807) is 18.5 Å². The molecule has 1 amide bonds. The summed E-state index contributed by atoms with van der Waals surface area (Å²) in [5.74, 6) is -0.00439. The SMILES string of the molecule is CCC(c1cccc(Cl)c1)N1CCN(C(=O)c2cncc(N)c2)CC1. The highest BCUT2D eigenvalue weighted by atomic mass is 35.5. The topological polar surface area (TPSA) is 62.5 Å². The zero-order valence-corrected chi connectivity index (χ0v) is 15.1. The maximum absolute atomic E-state index is 12.6. The highest BCUT2D eigenvalue weighted by molar-refractivity contribution is 6.30. The fourth-order valence-corrected chi connectivity index (χ4v) is 3.61. The molecule has 5 nitrogen and oxygen atoms in total. The molecule has 2 aromatic rings. The number of hydrogen-bond donors (Lipinski definition) is 1. The van der Waals surface area contributed by atoms with E-state index in [1.807, 2.05) is 23.1 Å². The second-order valence-corrected chi connectivity index (χ2v) is 6.75. The third kappa shape index (κ3) is 4.11. The Balaban J connectivity index is 1.65. The van der Waals surface area contributed by atoms with Gasteiger partial charge in [0.1, 0.15) is 0 Å². The van der Waals surface area contributed by atoms with E-state index in [2.05, 4.69) is 22.9 Å². The summed E-state index contributed by atoms with van der Waals surface area (Å²) in [5, 5.41) is 0.763. The van der Waals surface area contributed by atoms with Crippen LogP contribution in [0.25, 0.3) is 0 Å². The molecular weight excluding hydrogens is 336 g/mol. The third-order valence-corrected chi connectivity index (χ3v) is 4.90. The number of anilines is 1. The van der Waals surface area contributed by atoms with Gasteiger partial charge in [-0.1, -0.05) is 30.7 Å². The lowest BCUT2D eigenvalue weighted by Crippen LogP contribution is -2.49. The standard InChI is InChI=1S/C19H23ClN4O/c1-2-18(14-4-3-5-16(20)10-14)23-6-8-24(9-7-23)19(25)15-11-17(21)13-22-12-15/h3-5,10-13,18H,2,6-9,21H2,1H3. The van der Waals surface area contributed by atoms with E-state index in [0.717, 1.165) is 24.5 Å². The van der Waals surface area contributed by atoms with Crippen molar-refractivity contribution in [2.45, 2.75) is 19.4 Å². The molecule has 0 saturated carbocycles. The number of carbonyl (C=O) groups excluding carboxylic acids is 1. The quantitative estimate of drug-likeness (QED) is 0.911. The number of rotatable bonds is 4. The molecule has 2 N–H and O–H groups in total.